The quantitative estimate of drug-likeness (QED) is 0.131. The summed E-state index contributed by atoms with van der Waals surface area (Å²) < 4.78 is 0. The number of aryl methyl sites for hydroxylation is 3. The van der Waals surface area contributed by atoms with Gasteiger partial charge in [0.2, 0.25) is 0 Å². The van der Waals surface area contributed by atoms with Crippen molar-refractivity contribution in [3.05, 3.63) is 190 Å². The minimum absolute atomic E-state index is 0.118. The molecule has 0 bridgehead atoms. The summed E-state index contributed by atoms with van der Waals surface area (Å²) in [5.41, 5.74) is 20.2. The summed E-state index contributed by atoms with van der Waals surface area (Å²) in [7, 11) is 0. The van der Waals surface area contributed by atoms with Gasteiger partial charge in [-0.25, -0.2) is 0 Å². The first-order valence-corrected chi connectivity index (χ1v) is 15.7. The number of hydrogen-bond acceptors (Lipinski definition) is 2. The number of nitrogens with two attached hydrogens (primary N) is 1. The molecule has 0 saturated carbocycles. The maximum absolute atomic E-state index is 6.61. The second kappa shape index (κ2) is 13.6. The fourth-order valence-corrected chi connectivity index (χ4v) is 5.84. The molecule has 2 N–H and O–H groups in total. The van der Waals surface area contributed by atoms with Gasteiger partial charge >= 0.3 is 0 Å². The van der Waals surface area contributed by atoms with Crippen molar-refractivity contribution in [1.29, 1.82) is 0 Å². The first-order valence-electron chi connectivity index (χ1n) is 15.7. The van der Waals surface area contributed by atoms with Gasteiger partial charge in [-0.15, -0.1) is 0 Å². The second-order valence-corrected chi connectivity index (χ2v) is 12.0. The average Bonchev–Trinajstić information content (AvgIpc) is 3.09. The fourth-order valence-electron chi connectivity index (χ4n) is 5.84. The molecule has 6 aromatic rings. The van der Waals surface area contributed by atoms with Crippen molar-refractivity contribution in [3.63, 3.8) is 0 Å². The maximum atomic E-state index is 6.61. The largest absolute Gasteiger partial charge is 0.383 e. The van der Waals surface area contributed by atoms with Gasteiger partial charge < -0.3 is 5.73 Å². The molecule has 6 aromatic carbocycles. The van der Waals surface area contributed by atoms with Gasteiger partial charge in [0.25, 0.3) is 0 Å². The first kappa shape index (κ1) is 30.5. The van der Waals surface area contributed by atoms with Crippen molar-refractivity contribution in [3.8, 4) is 22.3 Å². The van der Waals surface area contributed by atoms with E-state index in [0.717, 1.165) is 50.1 Å². The van der Waals surface area contributed by atoms with Gasteiger partial charge in [-0.05, 0) is 90.2 Å². The second-order valence-electron chi connectivity index (χ2n) is 12.0. The molecular formula is C43H39N3. The van der Waals surface area contributed by atoms with Gasteiger partial charge in [0.05, 0.1) is 6.04 Å². The predicted octanol–water partition coefficient (Wildman–Crippen LogP) is 10.2. The number of hydrogen-bond donors (Lipinski definition) is 1. The van der Waals surface area contributed by atoms with Crippen LogP contribution in [0, 0.1) is 20.8 Å². The molecule has 0 aliphatic rings. The Bertz CT molecular complexity index is 1980. The van der Waals surface area contributed by atoms with E-state index in [9.17, 15) is 0 Å². The Morgan fingerprint density at radius 2 is 0.870 bits per heavy atom. The Hall–Kier alpha value is -5.54. The SMILES string of the molecule is C=NC(c1ccc(C)cc1)c1cccc(-c2cccc(-c3cccc(C(N=C(N)c4ccc(C)cc4)c4ccc(C)cc4)c3)c2)c1. The molecule has 3 nitrogen and oxygen atoms in total. The Labute approximate surface area is 272 Å². The van der Waals surface area contributed by atoms with E-state index in [4.69, 9.17) is 10.7 Å². The van der Waals surface area contributed by atoms with E-state index < -0.39 is 0 Å². The summed E-state index contributed by atoms with van der Waals surface area (Å²) in [5, 5.41) is 0. The van der Waals surface area contributed by atoms with E-state index in [1.807, 2.05) is 12.1 Å². The average molecular weight is 598 g/mol. The highest BCUT2D eigenvalue weighted by molar-refractivity contribution is 5.97. The van der Waals surface area contributed by atoms with E-state index in [2.05, 4.69) is 166 Å². The highest BCUT2D eigenvalue weighted by Gasteiger charge is 2.16. The third kappa shape index (κ3) is 6.90. The molecular weight excluding hydrogens is 558 g/mol. The lowest BCUT2D eigenvalue weighted by atomic mass is 9.92. The fraction of sp³-hybridized carbons (Fsp3) is 0.116. The van der Waals surface area contributed by atoms with E-state index in [0.29, 0.717) is 5.84 Å². The molecule has 46 heavy (non-hydrogen) atoms. The number of aliphatic imine (C=N–C) groups is 2. The highest BCUT2D eigenvalue weighted by atomic mass is 14.9. The van der Waals surface area contributed by atoms with Crippen LogP contribution in [0.5, 0.6) is 0 Å². The van der Waals surface area contributed by atoms with Crippen molar-refractivity contribution in [2.45, 2.75) is 32.9 Å². The maximum Gasteiger partial charge on any atom is 0.126 e. The summed E-state index contributed by atoms with van der Waals surface area (Å²) in [4.78, 5) is 9.58. The molecule has 0 aromatic heterocycles. The topological polar surface area (TPSA) is 50.7 Å². The number of nitrogens with zero attached hydrogens (tertiary/aromatic N) is 2. The number of rotatable bonds is 9. The number of benzene rings is 6. The lowest BCUT2D eigenvalue weighted by Crippen LogP contribution is -2.16. The Morgan fingerprint density at radius 1 is 0.478 bits per heavy atom. The molecule has 226 valence electrons. The normalized spacial score (nSPS) is 12.8. The smallest absolute Gasteiger partial charge is 0.126 e. The zero-order chi connectivity index (χ0) is 32.0. The van der Waals surface area contributed by atoms with Crippen molar-refractivity contribution in [2.24, 2.45) is 15.7 Å². The molecule has 2 atom stereocenters. The molecule has 0 radical (unpaired) electrons. The molecule has 0 aliphatic carbocycles. The standard InChI is InChI=1S/C43H39N3/c1-29-14-20-32(21-15-29)41(45-4)39-12-6-10-37(27-39)35-8-5-9-36(26-35)38-11-7-13-40(28-38)42(33-22-16-30(2)17-23-33)46-43(44)34-24-18-31(3)19-25-34/h5-28,41-42H,4H2,1-3H3,(H2,44,46). The molecule has 0 saturated heterocycles. The third-order valence-corrected chi connectivity index (χ3v) is 8.52. The third-order valence-electron chi connectivity index (χ3n) is 8.52. The van der Waals surface area contributed by atoms with Gasteiger partial charge in [0.1, 0.15) is 11.9 Å². The van der Waals surface area contributed by atoms with Crippen LogP contribution in [0.1, 0.15) is 56.6 Å². The van der Waals surface area contributed by atoms with E-state index in [1.165, 1.54) is 16.7 Å². The van der Waals surface area contributed by atoms with Crippen LogP contribution in [-0.4, -0.2) is 12.6 Å². The van der Waals surface area contributed by atoms with Gasteiger partial charge in [-0.2, -0.15) is 0 Å². The van der Waals surface area contributed by atoms with Crippen molar-refractivity contribution < 1.29 is 0 Å². The van der Waals surface area contributed by atoms with Crippen molar-refractivity contribution in [1.82, 2.24) is 0 Å². The molecule has 0 fully saturated rings. The van der Waals surface area contributed by atoms with Gasteiger partial charge in [0.15, 0.2) is 0 Å². The molecule has 0 spiro atoms. The van der Waals surface area contributed by atoms with E-state index in [-0.39, 0.29) is 12.1 Å². The molecule has 0 aliphatic heterocycles. The summed E-state index contributed by atoms with van der Waals surface area (Å²) in [5.74, 6) is 0.524. The molecule has 3 heteroatoms. The molecule has 0 heterocycles. The van der Waals surface area contributed by atoms with Crippen LogP contribution in [0.3, 0.4) is 0 Å². The van der Waals surface area contributed by atoms with E-state index in [1.54, 1.807) is 0 Å². The first-order chi connectivity index (χ1) is 22.4. The van der Waals surface area contributed by atoms with Crippen molar-refractivity contribution in [2.75, 3.05) is 0 Å². The van der Waals surface area contributed by atoms with Crippen LogP contribution in [0.2, 0.25) is 0 Å². The lowest BCUT2D eigenvalue weighted by molar-refractivity contribution is 0.870. The Balaban J connectivity index is 1.35. The van der Waals surface area contributed by atoms with E-state index >= 15 is 0 Å². The van der Waals surface area contributed by atoms with Crippen LogP contribution >= 0.6 is 0 Å². The van der Waals surface area contributed by atoms with Crippen LogP contribution in [0.4, 0.5) is 0 Å². The molecule has 6 rings (SSSR count). The van der Waals surface area contributed by atoms with Crippen LogP contribution in [0.25, 0.3) is 22.3 Å². The monoisotopic (exact) mass is 597 g/mol. The Kier molecular flexibility index (Phi) is 9.03. The lowest BCUT2D eigenvalue weighted by Gasteiger charge is -2.17. The van der Waals surface area contributed by atoms with Crippen molar-refractivity contribution >= 4 is 12.6 Å². The summed E-state index contributed by atoms with van der Waals surface area (Å²) in [6, 6.07) is 50.9. The Morgan fingerprint density at radius 3 is 1.35 bits per heavy atom. The van der Waals surface area contributed by atoms with Gasteiger partial charge in [0, 0.05) is 5.56 Å². The minimum atomic E-state index is -0.244. The zero-order valence-corrected chi connectivity index (χ0v) is 26.7. The van der Waals surface area contributed by atoms with Crippen LogP contribution in [0.15, 0.2) is 156 Å². The predicted molar refractivity (Wildman–Crippen MR) is 195 cm³/mol. The molecule has 0 amide bonds. The van der Waals surface area contributed by atoms with Crippen LogP contribution in [-0.2, 0) is 0 Å². The highest BCUT2D eigenvalue weighted by Crippen LogP contribution is 2.34. The van der Waals surface area contributed by atoms with Crippen LogP contribution < -0.4 is 5.73 Å². The van der Waals surface area contributed by atoms with Gasteiger partial charge in [-0.1, -0.05) is 144 Å². The minimum Gasteiger partial charge on any atom is -0.383 e. The zero-order valence-electron chi connectivity index (χ0n) is 26.7. The van der Waals surface area contributed by atoms with Gasteiger partial charge in [-0.3, -0.25) is 9.98 Å². The summed E-state index contributed by atoms with van der Waals surface area (Å²) in [6.45, 7) is 10.2. The summed E-state index contributed by atoms with van der Waals surface area (Å²) in [6.07, 6.45) is 0. The number of amidine groups is 1. The molecule has 2 unspecified atom stereocenters. The summed E-state index contributed by atoms with van der Waals surface area (Å²) >= 11 is 0.